The van der Waals surface area contributed by atoms with Crippen molar-refractivity contribution in [3.05, 3.63) is 17.8 Å². The molecule has 3 rings (SSSR count). The minimum absolute atomic E-state index is 0.0661. The van der Waals surface area contributed by atoms with Crippen LogP contribution in [0.15, 0.2) is 12.3 Å². The molecule has 6 heteroatoms. The van der Waals surface area contributed by atoms with Crippen LogP contribution in [0.25, 0.3) is 11.2 Å². The molecular weight excluding hydrogens is 242 g/mol. The zero-order valence-electron chi connectivity index (χ0n) is 10.9. The highest BCUT2D eigenvalue weighted by atomic mass is 16.1. The van der Waals surface area contributed by atoms with Crippen molar-refractivity contribution < 1.29 is 4.79 Å². The number of nitrogens with one attached hydrogen (secondary N) is 1. The van der Waals surface area contributed by atoms with Crippen molar-refractivity contribution in [1.82, 2.24) is 19.9 Å². The molecule has 0 aliphatic heterocycles. The van der Waals surface area contributed by atoms with Gasteiger partial charge in [-0.15, -0.1) is 0 Å². The van der Waals surface area contributed by atoms with E-state index in [1.54, 1.807) is 10.8 Å². The van der Waals surface area contributed by atoms with Crippen LogP contribution < -0.4 is 11.1 Å². The topological polar surface area (TPSA) is 85.8 Å². The lowest BCUT2D eigenvalue weighted by Crippen LogP contribution is -2.26. The lowest BCUT2D eigenvalue weighted by molar-refractivity contribution is -0.121. The molecule has 2 aromatic rings. The van der Waals surface area contributed by atoms with Crippen molar-refractivity contribution >= 4 is 23.0 Å². The molecule has 0 unspecified atom stereocenters. The quantitative estimate of drug-likeness (QED) is 0.857. The number of hydrogen-bond acceptors (Lipinski definition) is 4. The number of hydrogen-bond donors (Lipinski definition) is 2. The van der Waals surface area contributed by atoms with Crippen molar-refractivity contribution in [3.8, 4) is 0 Å². The van der Waals surface area contributed by atoms with Gasteiger partial charge in [-0.1, -0.05) is 0 Å². The Morgan fingerprint density at radius 1 is 1.58 bits per heavy atom. The second-order valence-corrected chi connectivity index (χ2v) is 5.01. The molecular formula is C13H17N5O. The van der Waals surface area contributed by atoms with E-state index < -0.39 is 0 Å². The van der Waals surface area contributed by atoms with Crippen molar-refractivity contribution in [3.63, 3.8) is 0 Å². The SMILES string of the molecule is Cc1ccnc2c1nc(N)n2CCC(=O)NC1CC1. The van der Waals surface area contributed by atoms with Gasteiger partial charge in [-0.25, -0.2) is 9.97 Å². The fraction of sp³-hybridized carbons (Fsp3) is 0.462. The van der Waals surface area contributed by atoms with Crippen LogP contribution in [0.1, 0.15) is 24.8 Å². The number of anilines is 1. The summed E-state index contributed by atoms with van der Waals surface area (Å²) in [4.78, 5) is 20.3. The van der Waals surface area contributed by atoms with Crippen LogP contribution in [0.3, 0.4) is 0 Å². The Kier molecular flexibility index (Phi) is 2.85. The molecule has 19 heavy (non-hydrogen) atoms. The highest BCUT2D eigenvalue weighted by Gasteiger charge is 2.23. The number of nitrogens with zero attached hydrogens (tertiary/aromatic N) is 3. The van der Waals surface area contributed by atoms with E-state index in [1.807, 2.05) is 13.0 Å². The van der Waals surface area contributed by atoms with E-state index in [9.17, 15) is 4.79 Å². The molecule has 0 aromatic carbocycles. The van der Waals surface area contributed by atoms with Crippen LogP contribution in [0, 0.1) is 6.92 Å². The smallest absolute Gasteiger partial charge is 0.222 e. The monoisotopic (exact) mass is 259 g/mol. The highest BCUT2D eigenvalue weighted by Crippen LogP contribution is 2.20. The Bertz CT molecular complexity index is 629. The number of nitrogens with two attached hydrogens (primary N) is 1. The van der Waals surface area contributed by atoms with Crippen molar-refractivity contribution in [2.24, 2.45) is 0 Å². The van der Waals surface area contributed by atoms with Crippen molar-refractivity contribution in [2.75, 3.05) is 5.73 Å². The summed E-state index contributed by atoms with van der Waals surface area (Å²) < 4.78 is 1.80. The molecule has 0 atom stereocenters. The van der Waals surface area contributed by atoms with Gasteiger partial charge in [-0.3, -0.25) is 9.36 Å². The first-order valence-corrected chi connectivity index (χ1v) is 6.52. The minimum Gasteiger partial charge on any atom is -0.369 e. The first kappa shape index (κ1) is 12.0. The third kappa shape index (κ3) is 2.38. The highest BCUT2D eigenvalue weighted by molar-refractivity contribution is 5.79. The molecule has 1 saturated carbocycles. The van der Waals surface area contributed by atoms with Gasteiger partial charge in [0.2, 0.25) is 11.9 Å². The van der Waals surface area contributed by atoms with E-state index in [1.165, 1.54) is 0 Å². The van der Waals surface area contributed by atoms with Crippen molar-refractivity contribution in [1.29, 1.82) is 0 Å². The van der Waals surface area contributed by atoms with Gasteiger partial charge >= 0.3 is 0 Å². The summed E-state index contributed by atoms with van der Waals surface area (Å²) in [6.45, 7) is 2.48. The van der Waals surface area contributed by atoms with Gasteiger partial charge in [0.1, 0.15) is 5.52 Å². The molecule has 1 amide bonds. The number of imidazole rings is 1. The number of nitrogen functional groups attached to an aromatic ring is 1. The standard InChI is InChI=1S/C13H17N5O/c1-8-4-6-15-12-11(8)17-13(14)18(12)7-5-10(19)16-9-2-3-9/h4,6,9H,2-3,5,7H2,1H3,(H2,14,17)(H,16,19). The summed E-state index contributed by atoms with van der Waals surface area (Å²) in [5.74, 6) is 0.479. The van der Waals surface area contributed by atoms with Gasteiger partial charge in [0.15, 0.2) is 5.65 Å². The maximum Gasteiger partial charge on any atom is 0.222 e. The van der Waals surface area contributed by atoms with E-state index in [4.69, 9.17) is 5.73 Å². The lowest BCUT2D eigenvalue weighted by Gasteiger charge is -2.06. The number of carbonyl (C=O) groups is 1. The maximum absolute atomic E-state index is 11.7. The molecule has 0 spiro atoms. The fourth-order valence-corrected chi connectivity index (χ4v) is 2.12. The first-order valence-electron chi connectivity index (χ1n) is 6.52. The first-order chi connectivity index (χ1) is 9.15. The van der Waals surface area contributed by atoms with E-state index in [0.717, 1.165) is 29.6 Å². The molecule has 6 nitrogen and oxygen atoms in total. The third-order valence-corrected chi connectivity index (χ3v) is 3.37. The van der Waals surface area contributed by atoms with Crippen LogP contribution >= 0.6 is 0 Å². The van der Waals surface area contributed by atoms with Crippen LogP contribution in [0.4, 0.5) is 5.95 Å². The van der Waals surface area contributed by atoms with Gasteiger partial charge in [-0.05, 0) is 31.4 Å². The average Bonchev–Trinajstić information content (AvgIpc) is 3.11. The van der Waals surface area contributed by atoms with Gasteiger partial charge in [0, 0.05) is 25.2 Å². The molecule has 0 radical (unpaired) electrons. The second kappa shape index (κ2) is 4.53. The molecule has 0 bridgehead atoms. The van der Waals surface area contributed by atoms with E-state index in [0.29, 0.717) is 25.0 Å². The molecule has 1 aliphatic rings. The maximum atomic E-state index is 11.7. The summed E-state index contributed by atoms with van der Waals surface area (Å²) in [5, 5.41) is 2.96. The van der Waals surface area contributed by atoms with Gasteiger partial charge in [0.25, 0.3) is 0 Å². The van der Waals surface area contributed by atoms with Crippen LogP contribution in [-0.2, 0) is 11.3 Å². The van der Waals surface area contributed by atoms with E-state index in [2.05, 4.69) is 15.3 Å². The number of aryl methyl sites for hydroxylation is 2. The number of rotatable bonds is 4. The fourth-order valence-electron chi connectivity index (χ4n) is 2.12. The van der Waals surface area contributed by atoms with Crippen LogP contribution in [0.5, 0.6) is 0 Å². The number of fused-ring (bicyclic) bond motifs is 1. The average molecular weight is 259 g/mol. The molecule has 1 aliphatic carbocycles. The molecule has 2 heterocycles. The number of aromatic nitrogens is 3. The zero-order chi connectivity index (χ0) is 13.4. The molecule has 2 aromatic heterocycles. The van der Waals surface area contributed by atoms with E-state index >= 15 is 0 Å². The number of amides is 1. The Morgan fingerprint density at radius 2 is 2.37 bits per heavy atom. The van der Waals surface area contributed by atoms with Gasteiger partial charge < -0.3 is 11.1 Å². The Balaban J connectivity index is 1.78. The number of pyridine rings is 1. The Labute approximate surface area is 111 Å². The van der Waals surface area contributed by atoms with Crippen LogP contribution in [0.2, 0.25) is 0 Å². The second-order valence-electron chi connectivity index (χ2n) is 5.01. The lowest BCUT2D eigenvalue weighted by atomic mass is 10.3. The summed E-state index contributed by atoms with van der Waals surface area (Å²) in [6, 6.07) is 2.29. The Hall–Kier alpha value is -2.11. The normalized spacial score (nSPS) is 14.8. The number of carbonyl (C=O) groups excluding carboxylic acids is 1. The largest absolute Gasteiger partial charge is 0.369 e. The predicted octanol–water partition coefficient (Wildman–Crippen LogP) is 0.991. The summed E-state index contributed by atoms with van der Waals surface area (Å²) >= 11 is 0. The molecule has 3 N–H and O–H groups in total. The molecule has 0 saturated heterocycles. The minimum atomic E-state index is 0.0661. The molecule has 1 fully saturated rings. The van der Waals surface area contributed by atoms with Crippen molar-refractivity contribution in [2.45, 2.75) is 38.8 Å². The summed E-state index contributed by atoms with van der Waals surface area (Å²) in [7, 11) is 0. The zero-order valence-corrected chi connectivity index (χ0v) is 10.9. The Morgan fingerprint density at radius 3 is 3.11 bits per heavy atom. The summed E-state index contributed by atoms with van der Waals surface area (Å²) in [5.41, 5.74) is 8.50. The molecule has 100 valence electrons. The predicted molar refractivity (Wildman–Crippen MR) is 72.5 cm³/mol. The summed E-state index contributed by atoms with van der Waals surface area (Å²) in [6.07, 6.45) is 4.34. The third-order valence-electron chi connectivity index (χ3n) is 3.37. The van der Waals surface area contributed by atoms with Gasteiger partial charge in [0.05, 0.1) is 0 Å². The van der Waals surface area contributed by atoms with E-state index in [-0.39, 0.29) is 5.91 Å². The van der Waals surface area contributed by atoms with Gasteiger partial charge in [-0.2, -0.15) is 0 Å². The van der Waals surface area contributed by atoms with Crippen LogP contribution in [-0.4, -0.2) is 26.5 Å².